The molecular formula is C26H26N2O6S. The second kappa shape index (κ2) is 12.0. The van der Waals surface area contributed by atoms with Crippen molar-refractivity contribution < 1.29 is 29.0 Å². The first kappa shape index (κ1) is 25.7. The van der Waals surface area contributed by atoms with Gasteiger partial charge < -0.3 is 19.9 Å². The summed E-state index contributed by atoms with van der Waals surface area (Å²) in [6, 6.07) is 9.98. The molecule has 1 aromatic carbocycles. The Morgan fingerprint density at radius 2 is 1.80 bits per heavy atom. The molecule has 0 bridgehead atoms. The molecule has 0 spiro atoms. The Morgan fingerprint density at radius 1 is 1.11 bits per heavy atom. The summed E-state index contributed by atoms with van der Waals surface area (Å²) < 4.78 is 10.1. The number of fused-ring (bicyclic) bond motifs is 1. The summed E-state index contributed by atoms with van der Waals surface area (Å²) >= 11 is 1.33. The van der Waals surface area contributed by atoms with E-state index in [2.05, 4.69) is 5.32 Å². The Bertz CT molecular complexity index is 1220. The van der Waals surface area contributed by atoms with Gasteiger partial charge in [0, 0.05) is 16.5 Å². The molecule has 1 aliphatic carbocycles. The molecule has 0 saturated carbocycles. The van der Waals surface area contributed by atoms with Crippen molar-refractivity contribution >= 4 is 34.1 Å². The highest BCUT2D eigenvalue weighted by molar-refractivity contribution is 7.16. The summed E-state index contributed by atoms with van der Waals surface area (Å²) in [5.41, 5.74) is 0.695. The van der Waals surface area contributed by atoms with Crippen LogP contribution in [0.5, 0.6) is 0 Å². The number of aryl methyl sites for hydroxylation is 1. The highest BCUT2D eigenvalue weighted by atomic mass is 32.1. The first-order valence-electron chi connectivity index (χ1n) is 11.3. The van der Waals surface area contributed by atoms with Crippen LogP contribution in [-0.2, 0) is 27.1 Å². The number of hydrogen-bond acceptors (Lipinski definition) is 9. The van der Waals surface area contributed by atoms with Crippen LogP contribution < -0.4 is 5.32 Å². The maximum atomic E-state index is 12.9. The number of thiophene rings is 1. The van der Waals surface area contributed by atoms with Crippen molar-refractivity contribution in [1.29, 1.82) is 5.26 Å². The number of carbonyl (C=O) groups excluding carboxylic acids is 3. The fourth-order valence-corrected chi connectivity index (χ4v) is 5.00. The van der Waals surface area contributed by atoms with Crippen LogP contribution in [0.25, 0.3) is 0 Å². The molecule has 0 atom stereocenters. The number of hydrogen-bond donors (Lipinski definition) is 2. The number of benzene rings is 1. The number of anilines is 1. The van der Waals surface area contributed by atoms with Gasteiger partial charge in [-0.2, -0.15) is 5.26 Å². The van der Waals surface area contributed by atoms with E-state index in [1.54, 1.807) is 50.2 Å². The minimum atomic E-state index is -1.02. The molecule has 1 aromatic heterocycles. The number of esters is 2. The van der Waals surface area contributed by atoms with Gasteiger partial charge in [0.2, 0.25) is 0 Å². The van der Waals surface area contributed by atoms with E-state index in [9.17, 15) is 24.8 Å². The third-order valence-electron chi connectivity index (χ3n) is 5.32. The predicted molar refractivity (Wildman–Crippen MR) is 131 cm³/mol. The molecule has 35 heavy (non-hydrogen) atoms. The van der Waals surface area contributed by atoms with Gasteiger partial charge in [-0.05, 0) is 45.1 Å². The monoisotopic (exact) mass is 494 g/mol. The third kappa shape index (κ3) is 5.97. The van der Waals surface area contributed by atoms with Gasteiger partial charge in [0.05, 0.1) is 24.5 Å². The highest BCUT2D eigenvalue weighted by Crippen LogP contribution is 2.39. The van der Waals surface area contributed by atoms with Gasteiger partial charge in [-0.25, -0.2) is 9.59 Å². The number of allylic oxidation sites excluding steroid dienone is 1. The Kier molecular flexibility index (Phi) is 8.81. The van der Waals surface area contributed by atoms with E-state index in [1.165, 1.54) is 11.3 Å². The molecule has 0 aliphatic heterocycles. The standard InChI is InChI=1S/C26H26N2O6S/c1-3-33-25(31)18(15-27)23(30)19(14-20(29)16-10-6-5-7-11-16)28-24-22(26(32)34-4-2)17-12-8-9-13-21(17)35-24/h5-7,10-11,14,28,30H,3-4,8-9,12-13H2,1-2H3. The van der Waals surface area contributed by atoms with Crippen molar-refractivity contribution in [3.63, 3.8) is 0 Å². The number of ether oxygens (including phenoxy) is 2. The van der Waals surface area contributed by atoms with Crippen molar-refractivity contribution in [2.24, 2.45) is 0 Å². The lowest BCUT2D eigenvalue weighted by molar-refractivity contribution is -0.138. The first-order valence-corrected chi connectivity index (χ1v) is 12.1. The summed E-state index contributed by atoms with van der Waals surface area (Å²) in [4.78, 5) is 39.1. The molecule has 2 aromatic rings. The number of ketones is 1. The molecule has 1 heterocycles. The molecule has 0 saturated heterocycles. The molecule has 2 N–H and O–H groups in total. The third-order valence-corrected chi connectivity index (χ3v) is 6.52. The van der Waals surface area contributed by atoms with Crippen molar-refractivity contribution in [3.8, 4) is 6.07 Å². The number of nitriles is 1. The van der Waals surface area contributed by atoms with E-state index in [4.69, 9.17) is 9.47 Å². The SMILES string of the molecule is CCOC(=O)C(C#N)=C(O)C(=CC(=O)c1ccccc1)Nc1sc2c(c1C(=O)OCC)CCCC2. The average molecular weight is 495 g/mol. The van der Waals surface area contributed by atoms with Gasteiger partial charge in [-0.1, -0.05) is 30.3 Å². The quantitative estimate of drug-likeness (QED) is 0.126. The predicted octanol–water partition coefficient (Wildman–Crippen LogP) is 4.88. The van der Waals surface area contributed by atoms with E-state index in [1.807, 2.05) is 0 Å². The number of aliphatic hydroxyl groups is 1. The number of rotatable bonds is 9. The second-order valence-electron chi connectivity index (χ2n) is 7.60. The molecule has 3 rings (SSSR count). The van der Waals surface area contributed by atoms with Gasteiger partial charge in [0.1, 0.15) is 11.1 Å². The summed E-state index contributed by atoms with van der Waals surface area (Å²) in [7, 11) is 0. The van der Waals surface area contributed by atoms with Crippen molar-refractivity contribution in [2.45, 2.75) is 39.5 Å². The van der Waals surface area contributed by atoms with Crippen LogP contribution in [0.4, 0.5) is 5.00 Å². The molecule has 0 amide bonds. The number of nitrogens with zero attached hydrogens (tertiary/aromatic N) is 1. The molecule has 9 heteroatoms. The zero-order valence-corrected chi connectivity index (χ0v) is 20.4. The Morgan fingerprint density at radius 3 is 2.46 bits per heavy atom. The van der Waals surface area contributed by atoms with Gasteiger partial charge in [0.25, 0.3) is 0 Å². The smallest absolute Gasteiger partial charge is 0.352 e. The van der Waals surface area contributed by atoms with Crippen LogP contribution in [0, 0.1) is 11.3 Å². The van der Waals surface area contributed by atoms with Gasteiger partial charge in [-0.3, -0.25) is 4.79 Å². The Balaban J connectivity index is 2.14. The minimum absolute atomic E-state index is 0.00261. The fourth-order valence-electron chi connectivity index (χ4n) is 3.71. The van der Waals surface area contributed by atoms with E-state index in [-0.39, 0.29) is 18.9 Å². The second-order valence-corrected chi connectivity index (χ2v) is 8.71. The topological polar surface area (TPSA) is 126 Å². The lowest BCUT2D eigenvalue weighted by Crippen LogP contribution is -2.15. The minimum Gasteiger partial charge on any atom is -0.504 e. The number of carbonyl (C=O) groups is 3. The molecule has 0 unspecified atom stereocenters. The van der Waals surface area contributed by atoms with Crippen LogP contribution in [-0.4, -0.2) is 36.0 Å². The molecule has 182 valence electrons. The Labute approximate surface area is 207 Å². The lowest BCUT2D eigenvalue weighted by Gasteiger charge is -2.14. The maximum absolute atomic E-state index is 12.9. The van der Waals surface area contributed by atoms with E-state index >= 15 is 0 Å². The first-order chi connectivity index (χ1) is 16.9. The lowest BCUT2D eigenvalue weighted by atomic mass is 9.95. The number of nitrogens with one attached hydrogen (secondary N) is 1. The summed E-state index contributed by atoms with van der Waals surface area (Å²) in [5, 5.41) is 23.8. The Hall–Kier alpha value is -3.90. The van der Waals surface area contributed by atoms with Crippen LogP contribution in [0.2, 0.25) is 0 Å². The summed E-state index contributed by atoms with van der Waals surface area (Å²) in [6.07, 6.45) is 4.51. The largest absolute Gasteiger partial charge is 0.504 e. The van der Waals surface area contributed by atoms with Crippen molar-refractivity contribution in [1.82, 2.24) is 0 Å². The van der Waals surface area contributed by atoms with Crippen LogP contribution in [0.1, 0.15) is 57.8 Å². The molecular weight excluding hydrogens is 468 g/mol. The van der Waals surface area contributed by atoms with Gasteiger partial charge in [0.15, 0.2) is 17.1 Å². The maximum Gasteiger partial charge on any atom is 0.352 e. The summed E-state index contributed by atoms with van der Waals surface area (Å²) in [6.45, 7) is 3.46. The highest BCUT2D eigenvalue weighted by Gasteiger charge is 2.28. The van der Waals surface area contributed by atoms with Crippen LogP contribution >= 0.6 is 11.3 Å². The van der Waals surface area contributed by atoms with E-state index in [0.29, 0.717) is 22.5 Å². The molecule has 0 radical (unpaired) electrons. The van der Waals surface area contributed by atoms with Crippen molar-refractivity contribution in [2.75, 3.05) is 18.5 Å². The molecule has 0 fully saturated rings. The fraction of sp³-hybridized carbons (Fsp3) is 0.308. The average Bonchev–Trinajstić information content (AvgIpc) is 3.22. The van der Waals surface area contributed by atoms with Crippen molar-refractivity contribution in [3.05, 3.63) is 75.0 Å². The number of aliphatic hydroxyl groups excluding tert-OH is 1. The zero-order valence-electron chi connectivity index (χ0n) is 19.6. The summed E-state index contributed by atoms with van der Waals surface area (Å²) in [5.74, 6) is -2.77. The molecule has 8 nitrogen and oxygen atoms in total. The van der Waals surface area contributed by atoms with E-state index < -0.39 is 29.1 Å². The van der Waals surface area contributed by atoms with Gasteiger partial charge >= 0.3 is 11.9 Å². The molecule has 1 aliphatic rings. The van der Waals surface area contributed by atoms with E-state index in [0.717, 1.165) is 35.8 Å². The van der Waals surface area contributed by atoms with Gasteiger partial charge in [-0.15, -0.1) is 11.3 Å². The van der Waals surface area contributed by atoms with Crippen LogP contribution in [0.15, 0.2) is 53.4 Å². The zero-order chi connectivity index (χ0) is 25.4. The van der Waals surface area contributed by atoms with Crippen LogP contribution in [0.3, 0.4) is 0 Å². The normalized spacial score (nSPS) is 13.7.